The number of hydrogen-bond donors (Lipinski definition) is 1. The number of anilines is 1. The summed E-state index contributed by atoms with van der Waals surface area (Å²) in [6, 6.07) is 5.66. The number of aryl methyl sites for hydroxylation is 1. The fourth-order valence-corrected chi connectivity index (χ4v) is 1.28. The highest BCUT2D eigenvalue weighted by molar-refractivity contribution is 6.30. The minimum absolute atomic E-state index is 0.248. The van der Waals surface area contributed by atoms with Gasteiger partial charge in [0.15, 0.2) is 0 Å². The number of hydrogen-bond acceptors (Lipinski definition) is 4. The lowest BCUT2D eigenvalue weighted by Crippen LogP contribution is -1.94. The van der Waals surface area contributed by atoms with E-state index in [1.54, 1.807) is 6.07 Å². The van der Waals surface area contributed by atoms with E-state index < -0.39 is 0 Å². The van der Waals surface area contributed by atoms with E-state index in [2.05, 4.69) is 9.97 Å². The molecular formula is C11H10ClN3O. The second-order valence-electron chi connectivity index (χ2n) is 3.31. The average Bonchev–Trinajstić information content (AvgIpc) is 2.27. The predicted octanol–water partition coefficient (Wildman–Crippen LogP) is 2.81. The molecule has 0 fully saturated rings. The third-order valence-electron chi connectivity index (χ3n) is 2.01. The van der Waals surface area contributed by atoms with Gasteiger partial charge in [0.2, 0.25) is 0 Å². The van der Waals surface area contributed by atoms with Crippen LogP contribution in [-0.2, 0) is 0 Å². The summed E-state index contributed by atoms with van der Waals surface area (Å²) in [7, 11) is 0. The van der Waals surface area contributed by atoms with E-state index >= 15 is 0 Å². The molecule has 16 heavy (non-hydrogen) atoms. The number of benzene rings is 1. The Morgan fingerprint density at radius 3 is 2.62 bits per heavy atom. The number of halogens is 1. The Hall–Kier alpha value is -1.81. The highest BCUT2D eigenvalue weighted by Gasteiger charge is 2.04. The summed E-state index contributed by atoms with van der Waals surface area (Å²) in [6.45, 7) is 1.92. The first kappa shape index (κ1) is 10.7. The SMILES string of the molecule is Cc1ccc(N)cc1Oc1ncc(Cl)cn1. The third kappa shape index (κ3) is 2.41. The smallest absolute Gasteiger partial charge is 0.321 e. The molecule has 1 aromatic heterocycles. The van der Waals surface area contributed by atoms with Gasteiger partial charge in [0.25, 0.3) is 0 Å². The summed E-state index contributed by atoms with van der Waals surface area (Å²) in [4.78, 5) is 7.88. The zero-order valence-electron chi connectivity index (χ0n) is 8.64. The molecule has 0 spiro atoms. The van der Waals surface area contributed by atoms with E-state index in [9.17, 15) is 0 Å². The maximum absolute atomic E-state index is 5.67. The largest absolute Gasteiger partial charge is 0.424 e. The number of ether oxygens (including phenoxy) is 1. The summed E-state index contributed by atoms with van der Waals surface area (Å²) in [5.74, 6) is 0.641. The van der Waals surface area contributed by atoms with E-state index in [4.69, 9.17) is 22.1 Å². The first-order chi connectivity index (χ1) is 7.65. The van der Waals surface area contributed by atoms with Gasteiger partial charge in [-0.25, -0.2) is 9.97 Å². The lowest BCUT2D eigenvalue weighted by Gasteiger charge is -2.07. The van der Waals surface area contributed by atoms with Gasteiger partial charge in [0, 0.05) is 11.8 Å². The highest BCUT2D eigenvalue weighted by atomic mass is 35.5. The Morgan fingerprint density at radius 2 is 1.94 bits per heavy atom. The number of nitrogens with two attached hydrogens (primary N) is 1. The molecule has 0 atom stereocenters. The number of aromatic nitrogens is 2. The Labute approximate surface area is 98.0 Å². The molecule has 1 heterocycles. The highest BCUT2D eigenvalue weighted by Crippen LogP contribution is 2.24. The molecule has 4 nitrogen and oxygen atoms in total. The summed E-state index contributed by atoms with van der Waals surface area (Å²) in [6.07, 6.45) is 2.96. The minimum atomic E-state index is 0.248. The molecule has 0 aliphatic carbocycles. The first-order valence-corrected chi connectivity index (χ1v) is 5.04. The summed E-state index contributed by atoms with van der Waals surface area (Å²) in [5, 5.41) is 0.469. The molecule has 0 saturated heterocycles. The Morgan fingerprint density at radius 1 is 1.25 bits per heavy atom. The van der Waals surface area contributed by atoms with Crippen LogP contribution in [0.15, 0.2) is 30.6 Å². The van der Waals surface area contributed by atoms with Crippen LogP contribution in [0.3, 0.4) is 0 Å². The molecule has 0 aliphatic heterocycles. The van der Waals surface area contributed by atoms with Crippen LogP contribution in [0.4, 0.5) is 5.69 Å². The molecule has 0 bridgehead atoms. The minimum Gasteiger partial charge on any atom is -0.424 e. The predicted molar refractivity (Wildman–Crippen MR) is 62.7 cm³/mol. The Balaban J connectivity index is 2.26. The molecule has 1 aromatic carbocycles. The van der Waals surface area contributed by atoms with Gasteiger partial charge < -0.3 is 10.5 Å². The van der Waals surface area contributed by atoms with Crippen molar-refractivity contribution in [2.24, 2.45) is 0 Å². The molecule has 0 amide bonds. The monoisotopic (exact) mass is 235 g/mol. The van der Waals surface area contributed by atoms with E-state index in [0.717, 1.165) is 5.56 Å². The van der Waals surface area contributed by atoms with Gasteiger partial charge in [-0.2, -0.15) is 0 Å². The zero-order valence-corrected chi connectivity index (χ0v) is 9.40. The summed E-state index contributed by atoms with van der Waals surface area (Å²) < 4.78 is 5.48. The maximum Gasteiger partial charge on any atom is 0.321 e. The van der Waals surface area contributed by atoms with Crippen LogP contribution < -0.4 is 10.5 Å². The van der Waals surface area contributed by atoms with Crippen molar-refractivity contribution in [1.82, 2.24) is 9.97 Å². The molecule has 0 radical (unpaired) electrons. The van der Waals surface area contributed by atoms with E-state index in [1.165, 1.54) is 12.4 Å². The van der Waals surface area contributed by atoms with E-state index in [-0.39, 0.29) is 6.01 Å². The van der Waals surface area contributed by atoms with Crippen LogP contribution in [0.2, 0.25) is 5.02 Å². The second kappa shape index (κ2) is 4.37. The van der Waals surface area contributed by atoms with Crippen molar-refractivity contribution < 1.29 is 4.74 Å². The topological polar surface area (TPSA) is 61.0 Å². The molecule has 82 valence electrons. The van der Waals surface area contributed by atoms with Crippen molar-refractivity contribution in [1.29, 1.82) is 0 Å². The molecule has 0 unspecified atom stereocenters. The van der Waals surface area contributed by atoms with Gasteiger partial charge in [-0.15, -0.1) is 0 Å². The number of nitrogens with zero attached hydrogens (tertiary/aromatic N) is 2. The molecular weight excluding hydrogens is 226 g/mol. The number of rotatable bonds is 2. The summed E-state index contributed by atoms with van der Waals surface area (Å²) >= 11 is 5.67. The van der Waals surface area contributed by atoms with Gasteiger partial charge >= 0.3 is 6.01 Å². The fraction of sp³-hybridized carbons (Fsp3) is 0.0909. The number of nitrogen functional groups attached to an aromatic ring is 1. The normalized spacial score (nSPS) is 10.1. The lowest BCUT2D eigenvalue weighted by atomic mass is 10.2. The molecule has 2 aromatic rings. The van der Waals surface area contributed by atoms with Crippen molar-refractivity contribution >= 4 is 17.3 Å². The van der Waals surface area contributed by atoms with Gasteiger partial charge in [-0.05, 0) is 18.6 Å². The standard InChI is InChI=1S/C11H10ClN3O/c1-7-2-3-9(13)4-10(7)16-11-14-5-8(12)6-15-11/h2-6H,13H2,1H3. The van der Waals surface area contributed by atoms with Crippen molar-refractivity contribution in [2.75, 3.05) is 5.73 Å². The molecule has 5 heteroatoms. The quantitative estimate of drug-likeness (QED) is 0.813. The third-order valence-corrected chi connectivity index (χ3v) is 2.21. The van der Waals surface area contributed by atoms with Gasteiger partial charge in [-0.3, -0.25) is 0 Å². The van der Waals surface area contributed by atoms with E-state index in [1.807, 2.05) is 19.1 Å². The Kier molecular flexibility index (Phi) is 2.92. The van der Waals surface area contributed by atoms with Gasteiger partial charge in [0.1, 0.15) is 5.75 Å². The molecule has 0 saturated carbocycles. The van der Waals surface area contributed by atoms with Crippen molar-refractivity contribution in [3.63, 3.8) is 0 Å². The Bertz CT molecular complexity index is 499. The van der Waals surface area contributed by atoms with Crippen LogP contribution in [0.25, 0.3) is 0 Å². The molecule has 2 rings (SSSR count). The van der Waals surface area contributed by atoms with E-state index in [0.29, 0.717) is 16.5 Å². The first-order valence-electron chi connectivity index (χ1n) is 4.66. The van der Waals surface area contributed by atoms with Crippen LogP contribution in [0.1, 0.15) is 5.56 Å². The molecule has 0 aliphatic rings. The summed E-state index contributed by atoms with van der Waals surface area (Å²) in [5.41, 5.74) is 7.26. The zero-order chi connectivity index (χ0) is 11.5. The average molecular weight is 236 g/mol. The van der Waals surface area contributed by atoms with Gasteiger partial charge in [-0.1, -0.05) is 17.7 Å². The van der Waals surface area contributed by atoms with Crippen molar-refractivity contribution in [3.05, 3.63) is 41.2 Å². The van der Waals surface area contributed by atoms with Crippen molar-refractivity contribution in [2.45, 2.75) is 6.92 Å². The van der Waals surface area contributed by atoms with Gasteiger partial charge in [0.05, 0.1) is 17.4 Å². The van der Waals surface area contributed by atoms with Crippen LogP contribution in [-0.4, -0.2) is 9.97 Å². The van der Waals surface area contributed by atoms with Crippen LogP contribution in [0.5, 0.6) is 11.8 Å². The maximum atomic E-state index is 5.67. The molecule has 2 N–H and O–H groups in total. The van der Waals surface area contributed by atoms with Crippen LogP contribution >= 0.6 is 11.6 Å². The lowest BCUT2D eigenvalue weighted by molar-refractivity contribution is 0.439. The fourth-order valence-electron chi connectivity index (χ4n) is 1.18. The van der Waals surface area contributed by atoms with Crippen molar-refractivity contribution in [3.8, 4) is 11.8 Å². The van der Waals surface area contributed by atoms with Crippen LogP contribution in [0, 0.1) is 6.92 Å². The second-order valence-corrected chi connectivity index (χ2v) is 3.75.